The Morgan fingerprint density at radius 1 is 1.29 bits per heavy atom. The normalized spacial score (nSPS) is 12.1. The van der Waals surface area contributed by atoms with Gasteiger partial charge in [0.15, 0.2) is 0 Å². The number of halogens is 1. The van der Waals surface area contributed by atoms with Gasteiger partial charge in [0.25, 0.3) is 0 Å². The molecule has 0 aliphatic rings. The van der Waals surface area contributed by atoms with E-state index in [1.54, 1.807) is 37.3 Å². The SMILES string of the molecule is CCC(F)CCOC(=O)/C=C/c1ccc(OC(C)=O)cc1. The van der Waals surface area contributed by atoms with Crippen molar-refractivity contribution in [1.29, 1.82) is 0 Å². The molecule has 1 aromatic carbocycles. The first kappa shape index (κ1) is 16.9. The summed E-state index contributed by atoms with van der Waals surface area (Å²) in [5.74, 6) is -0.460. The van der Waals surface area contributed by atoms with E-state index in [0.717, 1.165) is 5.56 Å². The molecule has 1 aromatic rings. The van der Waals surface area contributed by atoms with Crippen molar-refractivity contribution in [3.05, 3.63) is 35.9 Å². The van der Waals surface area contributed by atoms with Crippen molar-refractivity contribution in [3.8, 4) is 5.75 Å². The fourth-order valence-electron chi connectivity index (χ4n) is 1.52. The summed E-state index contributed by atoms with van der Waals surface area (Å²) in [4.78, 5) is 22.2. The third-order valence-corrected chi connectivity index (χ3v) is 2.67. The van der Waals surface area contributed by atoms with Gasteiger partial charge >= 0.3 is 11.9 Å². The second-order valence-electron chi connectivity index (χ2n) is 4.46. The second kappa shape index (κ2) is 8.89. The Kier molecular flexibility index (Phi) is 7.15. The molecule has 1 rings (SSSR count). The average molecular weight is 294 g/mol. The van der Waals surface area contributed by atoms with Crippen LogP contribution in [0.5, 0.6) is 5.75 Å². The highest BCUT2D eigenvalue weighted by Gasteiger charge is 2.04. The second-order valence-corrected chi connectivity index (χ2v) is 4.46. The molecule has 0 fully saturated rings. The number of hydrogen-bond donors (Lipinski definition) is 0. The molecule has 114 valence electrons. The molecule has 0 bridgehead atoms. The molecule has 0 spiro atoms. The van der Waals surface area contributed by atoms with Crippen LogP contribution >= 0.6 is 0 Å². The Hall–Kier alpha value is -2.17. The summed E-state index contributed by atoms with van der Waals surface area (Å²) >= 11 is 0. The molecule has 0 saturated heterocycles. The molecule has 0 aromatic heterocycles. The third kappa shape index (κ3) is 7.25. The third-order valence-electron chi connectivity index (χ3n) is 2.67. The molecule has 0 radical (unpaired) electrons. The van der Waals surface area contributed by atoms with Gasteiger partial charge < -0.3 is 9.47 Å². The van der Waals surface area contributed by atoms with Crippen LogP contribution in [0, 0.1) is 0 Å². The highest BCUT2D eigenvalue weighted by Crippen LogP contribution is 2.13. The molecule has 21 heavy (non-hydrogen) atoms. The number of benzene rings is 1. The van der Waals surface area contributed by atoms with Crippen LogP contribution < -0.4 is 4.74 Å². The number of ether oxygens (including phenoxy) is 2. The first-order chi connectivity index (χ1) is 10.0. The summed E-state index contributed by atoms with van der Waals surface area (Å²) in [6, 6.07) is 6.66. The molecule has 1 atom stereocenters. The van der Waals surface area contributed by atoms with Crippen molar-refractivity contribution in [2.24, 2.45) is 0 Å². The lowest BCUT2D eigenvalue weighted by molar-refractivity contribution is -0.138. The Bertz CT molecular complexity index is 494. The van der Waals surface area contributed by atoms with E-state index in [-0.39, 0.29) is 19.0 Å². The van der Waals surface area contributed by atoms with Crippen LogP contribution in [0.15, 0.2) is 30.3 Å². The van der Waals surface area contributed by atoms with Crippen LogP contribution in [0.25, 0.3) is 6.08 Å². The van der Waals surface area contributed by atoms with Gasteiger partial charge in [-0.05, 0) is 30.2 Å². The first-order valence-corrected chi connectivity index (χ1v) is 6.78. The van der Waals surface area contributed by atoms with Gasteiger partial charge in [-0.1, -0.05) is 19.1 Å². The summed E-state index contributed by atoms with van der Waals surface area (Å²) in [6.45, 7) is 3.14. The van der Waals surface area contributed by atoms with E-state index < -0.39 is 12.1 Å². The number of esters is 2. The van der Waals surface area contributed by atoms with Gasteiger partial charge in [0.1, 0.15) is 11.9 Å². The summed E-state index contributed by atoms with van der Waals surface area (Å²) in [7, 11) is 0. The minimum Gasteiger partial charge on any atom is -0.462 e. The van der Waals surface area contributed by atoms with Crippen LogP contribution in [0.1, 0.15) is 32.3 Å². The molecule has 0 saturated carbocycles. The largest absolute Gasteiger partial charge is 0.462 e. The highest BCUT2D eigenvalue weighted by molar-refractivity contribution is 5.87. The maximum atomic E-state index is 12.9. The summed E-state index contributed by atoms with van der Waals surface area (Å²) in [6.07, 6.45) is 2.55. The minimum atomic E-state index is -0.935. The number of rotatable bonds is 7. The van der Waals surface area contributed by atoms with Crippen molar-refractivity contribution in [2.45, 2.75) is 32.9 Å². The van der Waals surface area contributed by atoms with Crippen LogP contribution in [-0.4, -0.2) is 24.7 Å². The maximum absolute atomic E-state index is 12.9. The predicted octanol–water partition coefficient (Wildman–Crippen LogP) is 3.31. The Morgan fingerprint density at radius 2 is 1.95 bits per heavy atom. The van der Waals surface area contributed by atoms with E-state index >= 15 is 0 Å². The highest BCUT2D eigenvalue weighted by atomic mass is 19.1. The van der Waals surface area contributed by atoms with E-state index in [1.807, 2.05) is 0 Å². The zero-order valence-corrected chi connectivity index (χ0v) is 12.2. The van der Waals surface area contributed by atoms with Crippen molar-refractivity contribution >= 4 is 18.0 Å². The lowest BCUT2D eigenvalue weighted by Crippen LogP contribution is -2.07. The molecule has 0 aliphatic heterocycles. The molecule has 0 N–H and O–H groups in total. The van der Waals surface area contributed by atoms with Crippen LogP contribution in [0.3, 0.4) is 0 Å². The summed E-state index contributed by atoms with van der Waals surface area (Å²) < 4.78 is 22.7. The van der Waals surface area contributed by atoms with Gasteiger partial charge in [-0.2, -0.15) is 0 Å². The van der Waals surface area contributed by atoms with Crippen molar-refractivity contribution in [1.82, 2.24) is 0 Å². The predicted molar refractivity (Wildman–Crippen MR) is 77.5 cm³/mol. The van der Waals surface area contributed by atoms with Gasteiger partial charge in [0, 0.05) is 19.4 Å². The molecule has 0 heterocycles. The smallest absolute Gasteiger partial charge is 0.330 e. The van der Waals surface area contributed by atoms with Crippen LogP contribution in [0.2, 0.25) is 0 Å². The lowest BCUT2D eigenvalue weighted by Gasteiger charge is -2.04. The Morgan fingerprint density at radius 3 is 2.52 bits per heavy atom. The van der Waals surface area contributed by atoms with E-state index in [0.29, 0.717) is 12.2 Å². The topological polar surface area (TPSA) is 52.6 Å². The van der Waals surface area contributed by atoms with E-state index in [2.05, 4.69) is 0 Å². The van der Waals surface area contributed by atoms with Crippen LogP contribution in [-0.2, 0) is 14.3 Å². The lowest BCUT2D eigenvalue weighted by atomic mass is 10.2. The summed E-state index contributed by atoms with van der Waals surface area (Å²) in [5, 5.41) is 0. The van der Waals surface area contributed by atoms with Crippen LogP contribution in [0.4, 0.5) is 4.39 Å². The van der Waals surface area contributed by atoms with Gasteiger partial charge in [-0.3, -0.25) is 4.79 Å². The number of carbonyl (C=O) groups is 2. The van der Waals surface area contributed by atoms with Crippen molar-refractivity contribution in [2.75, 3.05) is 6.61 Å². The summed E-state index contributed by atoms with van der Waals surface area (Å²) in [5.41, 5.74) is 0.764. The number of carbonyl (C=O) groups excluding carboxylic acids is 2. The minimum absolute atomic E-state index is 0.0730. The van der Waals surface area contributed by atoms with Crippen molar-refractivity contribution < 1.29 is 23.5 Å². The zero-order valence-electron chi connectivity index (χ0n) is 12.2. The molecular formula is C16H19FO4. The monoisotopic (exact) mass is 294 g/mol. The molecular weight excluding hydrogens is 275 g/mol. The van der Waals surface area contributed by atoms with Gasteiger partial charge in [-0.15, -0.1) is 0 Å². The maximum Gasteiger partial charge on any atom is 0.330 e. The van der Waals surface area contributed by atoms with Gasteiger partial charge in [0.2, 0.25) is 0 Å². The Balaban J connectivity index is 2.41. The quantitative estimate of drug-likeness (QED) is 0.440. The fourth-order valence-corrected chi connectivity index (χ4v) is 1.52. The molecule has 0 aliphatic carbocycles. The molecule has 0 amide bonds. The first-order valence-electron chi connectivity index (χ1n) is 6.78. The fraction of sp³-hybridized carbons (Fsp3) is 0.375. The van der Waals surface area contributed by atoms with E-state index in [9.17, 15) is 14.0 Å². The zero-order chi connectivity index (χ0) is 15.7. The average Bonchev–Trinajstić information content (AvgIpc) is 2.45. The van der Waals surface area contributed by atoms with Gasteiger partial charge in [0.05, 0.1) is 6.61 Å². The van der Waals surface area contributed by atoms with Gasteiger partial charge in [-0.25, -0.2) is 9.18 Å². The molecule has 1 unspecified atom stereocenters. The van der Waals surface area contributed by atoms with E-state index in [1.165, 1.54) is 13.0 Å². The molecule has 5 heteroatoms. The Labute approximate surface area is 123 Å². The van der Waals surface area contributed by atoms with E-state index in [4.69, 9.17) is 9.47 Å². The number of alkyl halides is 1. The number of hydrogen-bond acceptors (Lipinski definition) is 4. The molecule has 4 nitrogen and oxygen atoms in total. The van der Waals surface area contributed by atoms with Crippen molar-refractivity contribution in [3.63, 3.8) is 0 Å². The standard InChI is InChI=1S/C16H19FO4/c1-3-14(17)10-11-20-16(19)9-6-13-4-7-15(8-5-13)21-12(2)18/h4-9,14H,3,10-11H2,1-2H3/b9-6+.